The van der Waals surface area contributed by atoms with Crippen molar-refractivity contribution >= 4 is 11.9 Å². The lowest BCUT2D eigenvalue weighted by molar-refractivity contribution is -0.152. The van der Waals surface area contributed by atoms with Gasteiger partial charge in [-0.3, -0.25) is 4.79 Å². The molecule has 0 radical (unpaired) electrons. The van der Waals surface area contributed by atoms with E-state index in [0.29, 0.717) is 36.5 Å². The normalized spacial score (nSPS) is 15.9. The Labute approximate surface area is 157 Å². The maximum Gasteiger partial charge on any atom is 0.331 e. The Kier molecular flexibility index (Phi) is 5.88. The molecule has 2 aromatic rings. The molecular formula is C20H23FN2O4. The average Bonchev–Trinajstić information content (AvgIpc) is 3.16. The molecule has 0 atom stereocenters. The number of nitrogens with zero attached hydrogens (tertiary/aromatic N) is 1. The lowest BCUT2D eigenvalue weighted by Gasteiger charge is -2.35. The van der Waals surface area contributed by atoms with Crippen LogP contribution in [0.15, 0.2) is 34.9 Å². The number of methoxy groups -OCH3 is 1. The zero-order chi connectivity index (χ0) is 19.3. The van der Waals surface area contributed by atoms with Gasteiger partial charge in [0.1, 0.15) is 11.4 Å². The van der Waals surface area contributed by atoms with Crippen molar-refractivity contribution < 1.29 is 23.1 Å². The van der Waals surface area contributed by atoms with E-state index in [0.717, 1.165) is 19.3 Å². The average molecular weight is 374 g/mol. The SMILES string of the molecule is COC(=O)C1(NC(=O)CCc2ncc(-c3ccc(F)cc3)o2)CCCCC1. The second-order valence-corrected chi connectivity index (χ2v) is 6.81. The van der Waals surface area contributed by atoms with Gasteiger partial charge in [0.25, 0.3) is 0 Å². The summed E-state index contributed by atoms with van der Waals surface area (Å²) in [5.41, 5.74) is -0.202. The molecule has 1 saturated carbocycles. The number of amides is 1. The maximum atomic E-state index is 13.0. The van der Waals surface area contributed by atoms with Crippen molar-refractivity contribution in [1.82, 2.24) is 10.3 Å². The van der Waals surface area contributed by atoms with Crippen molar-refractivity contribution in [2.75, 3.05) is 7.11 Å². The first-order chi connectivity index (χ1) is 13.0. The van der Waals surface area contributed by atoms with Crippen molar-refractivity contribution in [2.45, 2.75) is 50.5 Å². The van der Waals surface area contributed by atoms with Gasteiger partial charge in [-0.05, 0) is 37.1 Å². The van der Waals surface area contributed by atoms with Gasteiger partial charge in [-0.25, -0.2) is 14.2 Å². The third-order valence-electron chi connectivity index (χ3n) is 4.91. The summed E-state index contributed by atoms with van der Waals surface area (Å²) < 4.78 is 23.5. The fourth-order valence-electron chi connectivity index (χ4n) is 3.45. The number of benzene rings is 1. The highest BCUT2D eigenvalue weighted by Gasteiger charge is 2.41. The molecule has 0 saturated heterocycles. The van der Waals surface area contributed by atoms with E-state index >= 15 is 0 Å². The van der Waals surface area contributed by atoms with Gasteiger partial charge in [0.15, 0.2) is 11.7 Å². The van der Waals surface area contributed by atoms with E-state index < -0.39 is 5.54 Å². The predicted octanol–water partition coefficient (Wildman–Crippen LogP) is 3.41. The first kappa shape index (κ1) is 19.1. The topological polar surface area (TPSA) is 81.4 Å². The van der Waals surface area contributed by atoms with Crippen LogP contribution in [0, 0.1) is 5.82 Å². The highest BCUT2D eigenvalue weighted by molar-refractivity contribution is 5.88. The van der Waals surface area contributed by atoms with Crippen LogP contribution in [0.3, 0.4) is 0 Å². The summed E-state index contributed by atoms with van der Waals surface area (Å²) in [6.45, 7) is 0. The highest BCUT2D eigenvalue weighted by atomic mass is 19.1. The van der Waals surface area contributed by atoms with Crippen LogP contribution in [0.4, 0.5) is 4.39 Å². The molecule has 1 amide bonds. The van der Waals surface area contributed by atoms with Crippen molar-refractivity contribution in [3.63, 3.8) is 0 Å². The Morgan fingerprint density at radius 1 is 1.22 bits per heavy atom. The number of aromatic nitrogens is 1. The molecule has 0 spiro atoms. The standard InChI is InChI=1S/C20H23FN2O4/c1-26-19(25)20(11-3-2-4-12-20)23-17(24)9-10-18-22-13-16(27-18)14-5-7-15(21)8-6-14/h5-8,13H,2-4,9-12H2,1H3,(H,23,24). The molecule has 0 aliphatic heterocycles. The van der Waals surface area contributed by atoms with Gasteiger partial charge >= 0.3 is 5.97 Å². The Balaban J connectivity index is 1.59. The van der Waals surface area contributed by atoms with Crippen LogP contribution in [0.25, 0.3) is 11.3 Å². The predicted molar refractivity (Wildman–Crippen MR) is 96.2 cm³/mol. The van der Waals surface area contributed by atoms with E-state index in [1.807, 2.05) is 0 Å². The zero-order valence-electron chi connectivity index (χ0n) is 15.3. The first-order valence-corrected chi connectivity index (χ1v) is 9.12. The van der Waals surface area contributed by atoms with Crippen molar-refractivity contribution in [3.05, 3.63) is 42.2 Å². The van der Waals surface area contributed by atoms with Crippen molar-refractivity contribution in [3.8, 4) is 11.3 Å². The molecule has 1 aromatic heterocycles. The molecule has 0 bridgehead atoms. The lowest BCUT2D eigenvalue weighted by atomic mass is 9.81. The molecule has 1 aliphatic rings. The summed E-state index contributed by atoms with van der Waals surface area (Å²) in [6.07, 6.45) is 6.03. The number of carbonyl (C=O) groups excluding carboxylic acids is 2. The molecule has 0 unspecified atom stereocenters. The third kappa shape index (κ3) is 4.53. The van der Waals surface area contributed by atoms with Gasteiger partial charge < -0.3 is 14.5 Å². The summed E-state index contributed by atoms with van der Waals surface area (Å²) in [6, 6.07) is 5.91. The maximum absolute atomic E-state index is 13.0. The zero-order valence-corrected chi connectivity index (χ0v) is 15.3. The quantitative estimate of drug-likeness (QED) is 0.784. The van der Waals surface area contributed by atoms with Gasteiger partial charge in [-0.15, -0.1) is 0 Å². The summed E-state index contributed by atoms with van der Waals surface area (Å²) in [5.74, 6) is -0.00420. The van der Waals surface area contributed by atoms with E-state index in [9.17, 15) is 14.0 Å². The van der Waals surface area contributed by atoms with E-state index in [1.54, 1.807) is 18.3 Å². The summed E-state index contributed by atoms with van der Waals surface area (Å²) >= 11 is 0. The van der Waals surface area contributed by atoms with Crippen LogP contribution in [0.5, 0.6) is 0 Å². The summed E-state index contributed by atoms with van der Waals surface area (Å²) in [5, 5.41) is 2.87. The molecule has 7 heteroatoms. The Hall–Kier alpha value is -2.70. The minimum Gasteiger partial charge on any atom is -0.467 e. The number of halogens is 1. The molecule has 1 aromatic carbocycles. The van der Waals surface area contributed by atoms with Gasteiger partial charge in [0, 0.05) is 18.4 Å². The molecule has 144 valence electrons. The Morgan fingerprint density at radius 2 is 1.93 bits per heavy atom. The fourth-order valence-corrected chi connectivity index (χ4v) is 3.45. The van der Waals surface area contributed by atoms with Crippen LogP contribution in [0.1, 0.15) is 44.4 Å². The number of rotatable bonds is 6. The number of ether oxygens (including phenoxy) is 1. The highest BCUT2D eigenvalue weighted by Crippen LogP contribution is 2.29. The lowest BCUT2D eigenvalue weighted by Crippen LogP contribution is -2.56. The number of hydrogen-bond donors (Lipinski definition) is 1. The minimum atomic E-state index is -0.917. The van der Waals surface area contributed by atoms with Crippen molar-refractivity contribution in [2.24, 2.45) is 0 Å². The molecule has 27 heavy (non-hydrogen) atoms. The summed E-state index contributed by atoms with van der Waals surface area (Å²) in [7, 11) is 1.34. The number of esters is 1. The molecule has 3 rings (SSSR count). The molecule has 6 nitrogen and oxygen atoms in total. The molecular weight excluding hydrogens is 351 g/mol. The van der Waals surface area contributed by atoms with Crippen LogP contribution in [-0.2, 0) is 20.7 Å². The van der Waals surface area contributed by atoms with Crippen LogP contribution >= 0.6 is 0 Å². The third-order valence-corrected chi connectivity index (χ3v) is 4.91. The molecule has 1 aliphatic carbocycles. The first-order valence-electron chi connectivity index (χ1n) is 9.12. The second-order valence-electron chi connectivity index (χ2n) is 6.81. The second kappa shape index (κ2) is 8.33. The van der Waals surface area contributed by atoms with Gasteiger partial charge in [-0.2, -0.15) is 0 Å². The van der Waals surface area contributed by atoms with E-state index in [1.165, 1.54) is 19.2 Å². The minimum absolute atomic E-state index is 0.155. The monoisotopic (exact) mass is 374 g/mol. The van der Waals surface area contributed by atoms with Crippen LogP contribution in [-0.4, -0.2) is 29.5 Å². The fraction of sp³-hybridized carbons (Fsp3) is 0.450. The largest absolute Gasteiger partial charge is 0.467 e. The summed E-state index contributed by atoms with van der Waals surface area (Å²) in [4.78, 5) is 28.8. The number of carbonyl (C=O) groups is 2. The van der Waals surface area contributed by atoms with Crippen LogP contribution in [0.2, 0.25) is 0 Å². The van der Waals surface area contributed by atoms with Crippen molar-refractivity contribution in [1.29, 1.82) is 0 Å². The van der Waals surface area contributed by atoms with Gasteiger partial charge in [-0.1, -0.05) is 19.3 Å². The van der Waals surface area contributed by atoms with E-state index in [-0.39, 0.29) is 24.1 Å². The molecule has 1 heterocycles. The number of oxazole rings is 1. The smallest absolute Gasteiger partial charge is 0.331 e. The van der Waals surface area contributed by atoms with E-state index in [4.69, 9.17) is 9.15 Å². The van der Waals surface area contributed by atoms with Gasteiger partial charge in [0.2, 0.25) is 5.91 Å². The Morgan fingerprint density at radius 3 is 2.59 bits per heavy atom. The van der Waals surface area contributed by atoms with Crippen LogP contribution < -0.4 is 5.32 Å². The van der Waals surface area contributed by atoms with E-state index in [2.05, 4.69) is 10.3 Å². The Bertz CT molecular complexity index is 795. The van der Waals surface area contributed by atoms with Gasteiger partial charge in [0.05, 0.1) is 13.3 Å². The number of nitrogens with one attached hydrogen (secondary N) is 1. The molecule has 1 N–H and O–H groups in total. The number of hydrogen-bond acceptors (Lipinski definition) is 5. The molecule has 1 fully saturated rings. The number of aryl methyl sites for hydroxylation is 1.